The Bertz CT molecular complexity index is 1250. The van der Waals surface area contributed by atoms with Gasteiger partial charge in [-0.15, -0.1) is 0 Å². The van der Waals surface area contributed by atoms with Crippen molar-refractivity contribution in [1.82, 2.24) is 15.4 Å². The van der Waals surface area contributed by atoms with Crippen molar-refractivity contribution in [2.24, 2.45) is 5.10 Å². The first-order valence-electron chi connectivity index (χ1n) is 9.01. The minimum Gasteiger partial charge on any atom is -0.503 e. The third kappa shape index (κ3) is 3.83. The normalized spacial score (nSPS) is 11.1. The lowest BCUT2D eigenvalue weighted by Crippen LogP contribution is -2.17. The lowest BCUT2D eigenvalue weighted by Gasteiger charge is -2.06. The van der Waals surface area contributed by atoms with Crippen LogP contribution < -0.4 is 10.2 Å². The molecule has 0 atom stereocenters. The second-order valence-corrected chi connectivity index (χ2v) is 6.78. The Morgan fingerprint density at radius 1 is 1.20 bits per heavy atom. The van der Waals surface area contributed by atoms with Gasteiger partial charge in [0.15, 0.2) is 11.5 Å². The molecular formula is C22H17ClN4O3. The number of nitrogens with zero attached hydrogens (tertiary/aromatic N) is 2. The summed E-state index contributed by atoms with van der Waals surface area (Å²) in [7, 11) is 1.43. The van der Waals surface area contributed by atoms with Gasteiger partial charge < -0.3 is 14.8 Å². The van der Waals surface area contributed by atoms with Gasteiger partial charge in [0, 0.05) is 16.7 Å². The molecule has 150 valence electrons. The van der Waals surface area contributed by atoms with E-state index in [4.69, 9.17) is 16.3 Å². The molecular weight excluding hydrogens is 404 g/mol. The van der Waals surface area contributed by atoms with Crippen molar-refractivity contribution in [3.8, 4) is 22.9 Å². The van der Waals surface area contributed by atoms with Crippen LogP contribution in [0.1, 0.15) is 15.9 Å². The van der Waals surface area contributed by atoms with E-state index < -0.39 is 5.91 Å². The largest absolute Gasteiger partial charge is 0.503 e. The molecule has 1 aromatic heterocycles. The average Bonchev–Trinajstić information content (AvgIpc) is 3.21. The number of methoxy groups -OCH3 is 1. The molecule has 0 aliphatic carbocycles. The lowest BCUT2D eigenvalue weighted by atomic mass is 10.2. The number of nitrogens with one attached hydrogen (secondary N) is 2. The predicted octanol–water partition coefficient (Wildman–Crippen LogP) is 4.36. The Balaban J connectivity index is 1.51. The quantitative estimate of drug-likeness (QED) is 0.330. The van der Waals surface area contributed by atoms with Gasteiger partial charge in [0.05, 0.1) is 29.4 Å². The van der Waals surface area contributed by atoms with E-state index in [9.17, 15) is 9.90 Å². The molecule has 7 nitrogen and oxygen atoms in total. The molecule has 3 aromatic carbocycles. The van der Waals surface area contributed by atoms with Crippen LogP contribution in [0.15, 0.2) is 65.8 Å². The first-order chi connectivity index (χ1) is 14.6. The van der Waals surface area contributed by atoms with Gasteiger partial charge in [-0.25, -0.2) is 10.4 Å². The number of ether oxygens (including phenoxy) is 1. The highest BCUT2D eigenvalue weighted by Crippen LogP contribution is 2.35. The Hall–Kier alpha value is -3.84. The predicted molar refractivity (Wildman–Crippen MR) is 116 cm³/mol. The van der Waals surface area contributed by atoms with E-state index in [0.29, 0.717) is 11.1 Å². The van der Waals surface area contributed by atoms with Gasteiger partial charge in [0.1, 0.15) is 5.82 Å². The van der Waals surface area contributed by atoms with Gasteiger partial charge in [0.25, 0.3) is 5.91 Å². The smallest absolute Gasteiger partial charge is 0.271 e. The highest BCUT2D eigenvalue weighted by atomic mass is 35.5. The highest BCUT2D eigenvalue weighted by Gasteiger charge is 2.11. The molecule has 0 aliphatic rings. The fourth-order valence-electron chi connectivity index (χ4n) is 2.94. The zero-order valence-corrected chi connectivity index (χ0v) is 16.6. The van der Waals surface area contributed by atoms with Crippen molar-refractivity contribution in [1.29, 1.82) is 0 Å². The molecule has 0 bridgehead atoms. The van der Waals surface area contributed by atoms with E-state index in [1.807, 2.05) is 30.3 Å². The number of aromatic nitrogens is 2. The van der Waals surface area contributed by atoms with E-state index >= 15 is 0 Å². The minimum atomic E-state index is -0.391. The van der Waals surface area contributed by atoms with Crippen molar-refractivity contribution >= 4 is 34.8 Å². The summed E-state index contributed by atoms with van der Waals surface area (Å²) in [5.41, 5.74) is 5.77. The van der Waals surface area contributed by atoms with Crippen LogP contribution in [0, 0.1) is 0 Å². The number of amides is 1. The highest BCUT2D eigenvalue weighted by molar-refractivity contribution is 6.34. The van der Waals surface area contributed by atoms with E-state index in [0.717, 1.165) is 22.4 Å². The van der Waals surface area contributed by atoms with E-state index in [1.165, 1.54) is 13.3 Å². The Kier molecular flexibility index (Phi) is 5.36. The van der Waals surface area contributed by atoms with E-state index in [-0.39, 0.29) is 16.5 Å². The molecule has 0 unspecified atom stereocenters. The number of hydrogen-bond donors (Lipinski definition) is 3. The summed E-state index contributed by atoms with van der Waals surface area (Å²) in [5.74, 6) is 0.408. The zero-order chi connectivity index (χ0) is 21.1. The standard InChI is InChI=1S/C22H17ClN4O3/c1-30-18-10-8-15(19(23)20(18)28)12-24-27-22(29)14-7-9-16-17(11-14)26-21(25-16)13-5-3-2-4-6-13/h2-12,28H,1H3,(H,25,26)(H,27,29)/b24-12+. The van der Waals surface area contributed by atoms with Crippen LogP contribution >= 0.6 is 11.6 Å². The number of fused-ring (bicyclic) bond motifs is 1. The molecule has 1 heterocycles. The number of hydrazone groups is 1. The molecule has 1 amide bonds. The molecule has 0 saturated heterocycles. The zero-order valence-electron chi connectivity index (χ0n) is 15.9. The summed E-state index contributed by atoms with van der Waals surface area (Å²) in [5, 5.41) is 13.9. The van der Waals surface area contributed by atoms with Gasteiger partial charge in [-0.05, 0) is 30.3 Å². The number of H-pyrrole nitrogens is 1. The van der Waals surface area contributed by atoms with Crippen molar-refractivity contribution in [3.05, 3.63) is 76.8 Å². The van der Waals surface area contributed by atoms with Crippen LogP contribution in [0.25, 0.3) is 22.4 Å². The maximum absolute atomic E-state index is 12.4. The molecule has 0 fully saturated rings. The monoisotopic (exact) mass is 420 g/mol. The van der Waals surface area contributed by atoms with Crippen LogP contribution in [0.5, 0.6) is 11.5 Å². The van der Waals surface area contributed by atoms with Crippen molar-refractivity contribution in [2.45, 2.75) is 0 Å². The topological polar surface area (TPSA) is 99.6 Å². The average molecular weight is 421 g/mol. The number of phenols is 1. The molecule has 4 rings (SSSR count). The van der Waals surface area contributed by atoms with Gasteiger partial charge in [-0.2, -0.15) is 5.10 Å². The number of halogens is 1. The molecule has 4 aromatic rings. The molecule has 0 aliphatic heterocycles. The Morgan fingerprint density at radius 2 is 2.00 bits per heavy atom. The minimum absolute atomic E-state index is 0.0830. The summed E-state index contributed by atoms with van der Waals surface area (Å²) in [6.07, 6.45) is 1.35. The lowest BCUT2D eigenvalue weighted by molar-refractivity contribution is 0.0955. The Morgan fingerprint density at radius 3 is 2.77 bits per heavy atom. The number of imidazole rings is 1. The summed E-state index contributed by atoms with van der Waals surface area (Å²) in [6.45, 7) is 0. The molecule has 3 N–H and O–H groups in total. The number of hydrogen-bond acceptors (Lipinski definition) is 5. The van der Waals surface area contributed by atoms with Crippen LogP contribution in [-0.4, -0.2) is 34.3 Å². The third-order valence-electron chi connectivity index (χ3n) is 4.49. The van der Waals surface area contributed by atoms with Gasteiger partial charge in [-0.1, -0.05) is 41.9 Å². The molecule has 30 heavy (non-hydrogen) atoms. The molecule has 0 spiro atoms. The third-order valence-corrected chi connectivity index (χ3v) is 4.89. The number of benzene rings is 3. The first-order valence-corrected chi connectivity index (χ1v) is 9.38. The fraction of sp³-hybridized carbons (Fsp3) is 0.0455. The van der Waals surface area contributed by atoms with Gasteiger partial charge >= 0.3 is 0 Å². The molecule has 0 saturated carbocycles. The second-order valence-electron chi connectivity index (χ2n) is 6.40. The van der Waals surface area contributed by atoms with Crippen molar-refractivity contribution < 1.29 is 14.6 Å². The SMILES string of the molecule is COc1ccc(/C=N/NC(=O)c2ccc3nc(-c4ccccc4)[nH]c3c2)c(Cl)c1O. The second kappa shape index (κ2) is 8.26. The van der Waals surface area contributed by atoms with Crippen molar-refractivity contribution in [3.63, 3.8) is 0 Å². The molecule has 0 radical (unpaired) electrons. The Labute approximate surface area is 177 Å². The van der Waals surface area contributed by atoms with Gasteiger partial charge in [0.2, 0.25) is 0 Å². The first kappa shape index (κ1) is 19.5. The number of carbonyl (C=O) groups excluding carboxylic acids is 1. The summed E-state index contributed by atoms with van der Waals surface area (Å²) < 4.78 is 4.99. The van der Waals surface area contributed by atoms with Crippen LogP contribution in [0.3, 0.4) is 0 Å². The summed E-state index contributed by atoms with van der Waals surface area (Å²) >= 11 is 6.08. The summed E-state index contributed by atoms with van der Waals surface area (Å²) in [4.78, 5) is 20.2. The maximum atomic E-state index is 12.4. The molecule has 8 heteroatoms. The maximum Gasteiger partial charge on any atom is 0.271 e. The van der Waals surface area contributed by atoms with Crippen LogP contribution in [-0.2, 0) is 0 Å². The van der Waals surface area contributed by atoms with Gasteiger partial charge in [-0.3, -0.25) is 4.79 Å². The van der Waals surface area contributed by atoms with Crippen LogP contribution in [0.4, 0.5) is 0 Å². The van der Waals surface area contributed by atoms with Crippen molar-refractivity contribution in [2.75, 3.05) is 7.11 Å². The number of aromatic hydroxyl groups is 1. The van der Waals surface area contributed by atoms with E-state index in [1.54, 1.807) is 30.3 Å². The number of rotatable bonds is 5. The number of phenolic OH excluding ortho intramolecular Hbond substituents is 1. The number of aromatic amines is 1. The van der Waals surface area contributed by atoms with Crippen LogP contribution in [0.2, 0.25) is 5.02 Å². The summed E-state index contributed by atoms with van der Waals surface area (Å²) in [6, 6.07) is 18.1. The number of carbonyl (C=O) groups is 1. The van der Waals surface area contributed by atoms with E-state index in [2.05, 4.69) is 20.5 Å². The fourth-order valence-corrected chi connectivity index (χ4v) is 3.14.